The highest BCUT2D eigenvalue weighted by Crippen LogP contribution is 2.16. The maximum atomic E-state index is 10.6. The van der Waals surface area contributed by atoms with Crippen LogP contribution in [-0.4, -0.2) is 12.1 Å². The van der Waals surface area contributed by atoms with Crippen LogP contribution in [0.15, 0.2) is 0 Å². The average Bonchev–Trinajstić information content (AvgIpc) is 1.80. The Labute approximate surface area is 53.9 Å². The molecule has 0 aromatic rings. The first-order valence-corrected chi connectivity index (χ1v) is 3.07. The zero-order chi connectivity index (χ0) is 6.85. The SMILES string of the molecule is CC1CC(C)C(=O)OO1. The fourth-order valence-electron chi connectivity index (χ4n) is 0.845. The summed E-state index contributed by atoms with van der Waals surface area (Å²) in [6, 6.07) is 0. The topological polar surface area (TPSA) is 35.5 Å². The van der Waals surface area contributed by atoms with Crippen molar-refractivity contribution in [2.45, 2.75) is 26.4 Å². The normalized spacial score (nSPS) is 36.0. The summed E-state index contributed by atoms with van der Waals surface area (Å²) in [4.78, 5) is 19.6. The van der Waals surface area contributed by atoms with Gasteiger partial charge in [-0.3, -0.25) is 4.89 Å². The molecule has 0 radical (unpaired) electrons. The number of hydrogen-bond acceptors (Lipinski definition) is 3. The molecule has 0 bridgehead atoms. The summed E-state index contributed by atoms with van der Waals surface area (Å²) in [6.45, 7) is 3.71. The number of carbonyl (C=O) groups is 1. The third-order valence-corrected chi connectivity index (χ3v) is 1.38. The molecule has 1 saturated heterocycles. The summed E-state index contributed by atoms with van der Waals surface area (Å²) in [5.41, 5.74) is 0. The molecule has 0 aromatic heterocycles. The molecule has 0 spiro atoms. The van der Waals surface area contributed by atoms with E-state index in [2.05, 4.69) is 9.78 Å². The van der Waals surface area contributed by atoms with Crippen LogP contribution in [0, 0.1) is 5.92 Å². The molecule has 1 rings (SSSR count). The molecule has 1 aliphatic heterocycles. The minimum atomic E-state index is -0.256. The van der Waals surface area contributed by atoms with E-state index in [1.165, 1.54) is 0 Å². The second-order valence-corrected chi connectivity index (χ2v) is 2.45. The molecule has 1 fully saturated rings. The molecule has 1 aliphatic rings. The Bertz CT molecular complexity index is 121. The molecule has 0 amide bonds. The molecule has 2 unspecified atom stereocenters. The van der Waals surface area contributed by atoms with Crippen molar-refractivity contribution < 1.29 is 14.6 Å². The second kappa shape index (κ2) is 2.35. The predicted octanol–water partition coefficient (Wildman–Crippen LogP) is 0.889. The molecule has 3 heteroatoms. The van der Waals surface area contributed by atoms with E-state index in [9.17, 15) is 4.79 Å². The average molecular weight is 130 g/mol. The van der Waals surface area contributed by atoms with Gasteiger partial charge >= 0.3 is 5.97 Å². The van der Waals surface area contributed by atoms with Gasteiger partial charge < -0.3 is 0 Å². The molecule has 2 atom stereocenters. The first-order valence-electron chi connectivity index (χ1n) is 3.07. The van der Waals surface area contributed by atoms with Gasteiger partial charge in [-0.15, -0.1) is 0 Å². The first-order chi connectivity index (χ1) is 4.20. The second-order valence-electron chi connectivity index (χ2n) is 2.45. The fraction of sp³-hybridized carbons (Fsp3) is 0.833. The zero-order valence-electron chi connectivity index (χ0n) is 5.59. The lowest BCUT2D eigenvalue weighted by Gasteiger charge is -2.20. The maximum absolute atomic E-state index is 10.6. The molecule has 0 saturated carbocycles. The van der Waals surface area contributed by atoms with Gasteiger partial charge in [-0.25, -0.2) is 4.79 Å². The molecule has 9 heavy (non-hydrogen) atoms. The highest BCUT2D eigenvalue weighted by Gasteiger charge is 2.25. The zero-order valence-corrected chi connectivity index (χ0v) is 5.59. The number of rotatable bonds is 0. The minimum absolute atomic E-state index is 0.00579. The highest BCUT2D eigenvalue weighted by molar-refractivity contribution is 5.71. The first kappa shape index (κ1) is 6.55. The van der Waals surface area contributed by atoms with Crippen molar-refractivity contribution in [3.8, 4) is 0 Å². The summed E-state index contributed by atoms with van der Waals surface area (Å²) in [6.07, 6.45) is 0.816. The van der Waals surface area contributed by atoms with Crippen molar-refractivity contribution in [1.29, 1.82) is 0 Å². The van der Waals surface area contributed by atoms with E-state index in [-0.39, 0.29) is 18.0 Å². The van der Waals surface area contributed by atoms with Crippen LogP contribution >= 0.6 is 0 Å². The Morgan fingerprint density at radius 3 is 2.67 bits per heavy atom. The van der Waals surface area contributed by atoms with Crippen molar-refractivity contribution in [2.24, 2.45) is 5.92 Å². The van der Waals surface area contributed by atoms with Crippen molar-refractivity contribution >= 4 is 5.97 Å². The number of carbonyl (C=O) groups excluding carboxylic acids is 1. The van der Waals surface area contributed by atoms with E-state index in [0.29, 0.717) is 0 Å². The Hall–Kier alpha value is -0.570. The third kappa shape index (κ3) is 1.42. The maximum Gasteiger partial charge on any atom is 0.345 e. The fourth-order valence-corrected chi connectivity index (χ4v) is 0.845. The van der Waals surface area contributed by atoms with Crippen LogP contribution in [0.5, 0.6) is 0 Å². The Morgan fingerprint density at radius 2 is 2.22 bits per heavy atom. The minimum Gasteiger partial charge on any atom is -0.298 e. The van der Waals surface area contributed by atoms with Crippen LogP contribution in [0.4, 0.5) is 0 Å². The standard InChI is InChI=1S/C6H10O3/c1-4-3-5(2)8-9-6(4)7/h4-5H,3H2,1-2H3. The van der Waals surface area contributed by atoms with E-state index in [4.69, 9.17) is 0 Å². The lowest BCUT2D eigenvalue weighted by Crippen LogP contribution is -2.28. The molecular formula is C6H10O3. The van der Waals surface area contributed by atoms with Crippen molar-refractivity contribution in [3.05, 3.63) is 0 Å². The molecule has 0 aromatic carbocycles. The quantitative estimate of drug-likeness (QED) is 0.457. The van der Waals surface area contributed by atoms with Gasteiger partial charge in [0.25, 0.3) is 0 Å². The van der Waals surface area contributed by atoms with Crippen LogP contribution in [0.2, 0.25) is 0 Å². The summed E-state index contributed by atoms with van der Waals surface area (Å²) in [5.74, 6) is -0.262. The number of hydrogen-bond donors (Lipinski definition) is 0. The smallest absolute Gasteiger partial charge is 0.298 e. The molecular weight excluding hydrogens is 120 g/mol. The van der Waals surface area contributed by atoms with Gasteiger partial charge in [0.15, 0.2) is 0 Å². The molecule has 52 valence electrons. The highest BCUT2D eigenvalue weighted by atomic mass is 17.2. The molecule has 0 N–H and O–H groups in total. The van der Waals surface area contributed by atoms with Gasteiger partial charge in [-0.05, 0) is 13.3 Å². The Kier molecular flexibility index (Phi) is 1.71. The largest absolute Gasteiger partial charge is 0.345 e. The van der Waals surface area contributed by atoms with Gasteiger partial charge in [0, 0.05) is 0 Å². The van der Waals surface area contributed by atoms with Crippen LogP contribution in [0.1, 0.15) is 20.3 Å². The molecule has 1 heterocycles. The van der Waals surface area contributed by atoms with Gasteiger partial charge in [0.2, 0.25) is 0 Å². The van der Waals surface area contributed by atoms with E-state index in [0.717, 1.165) is 6.42 Å². The van der Waals surface area contributed by atoms with E-state index < -0.39 is 0 Å². The van der Waals surface area contributed by atoms with Gasteiger partial charge in [0.05, 0.1) is 5.92 Å². The predicted molar refractivity (Wildman–Crippen MR) is 30.4 cm³/mol. The third-order valence-electron chi connectivity index (χ3n) is 1.38. The lowest BCUT2D eigenvalue weighted by atomic mass is 10.0. The molecule has 3 nitrogen and oxygen atoms in total. The summed E-state index contributed by atoms with van der Waals surface area (Å²) < 4.78 is 0. The van der Waals surface area contributed by atoms with E-state index in [1.54, 1.807) is 0 Å². The van der Waals surface area contributed by atoms with Crippen LogP contribution in [0.3, 0.4) is 0 Å². The Balaban J connectivity index is 2.44. The van der Waals surface area contributed by atoms with Crippen molar-refractivity contribution in [2.75, 3.05) is 0 Å². The van der Waals surface area contributed by atoms with Crippen molar-refractivity contribution in [1.82, 2.24) is 0 Å². The van der Waals surface area contributed by atoms with Gasteiger partial charge in [-0.1, -0.05) is 6.92 Å². The Morgan fingerprint density at radius 1 is 1.56 bits per heavy atom. The molecule has 0 aliphatic carbocycles. The van der Waals surface area contributed by atoms with Crippen LogP contribution in [-0.2, 0) is 14.6 Å². The van der Waals surface area contributed by atoms with Crippen molar-refractivity contribution in [3.63, 3.8) is 0 Å². The monoisotopic (exact) mass is 130 g/mol. The van der Waals surface area contributed by atoms with E-state index >= 15 is 0 Å². The summed E-state index contributed by atoms with van der Waals surface area (Å²) in [5, 5.41) is 0. The summed E-state index contributed by atoms with van der Waals surface area (Å²) in [7, 11) is 0. The van der Waals surface area contributed by atoms with Gasteiger partial charge in [-0.2, -0.15) is 4.89 Å². The summed E-state index contributed by atoms with van der Waals surface area (Å²) >= 11 is 0. The van der Waals surface area contributed by atoms with E-state index in [1.807, 2.05) is 13.8 Å². The van der Waals surface area contributed by atoms with Crippen LogP contribution < -0.4 is 0 Å². The van der Waals surface area contributed by atoms with Gasteiger partial charge in [0.1, 0.15) is 6.10 Å². The lowest BCUT2D eigenvalue weighted by molar-refractivity contribution is -0.315. The van der Waals surface area contributed by atoms with Crippen LogP contribution in [0.25, 0.3) is 0 Å².